The lowest BCUT2D eigenvalue weighted by Gasteiger charge is -2.03. The lowest BCUT2D eigenvalue weighted by Crippen LogP contribution is -1.98. The van der Waals surface area contributed by atoms with E-state index in [0.29, 0.717) is 0 Å². The molecule has 14 heavy (non-hydrogen) atoms. The summed E-state index contributed by atoms with van der Waals surface area (Å²) >= 11 is 3.36. The highest BCUT2D eigenvalue weighted by atomic mass is 79.9. The van der Waals surface area contributed by atoms with Crippen molar-refractivity contribution in [2.75, 3.05) is 5.32 Å². The van der Waals surface area contributed by atoms with Crippen molar-refractivity contribution < 1.29 is 0 Å². The Bertz CT molecular complexity index is 399. The molecule has 0 saturated heterocycles. The topological polar surface area (TPSA) is 53.6 Å². The van der Waals surface area contributed by atoms with Crippen LogP contribution in [0.15, 0.2) is 35.3 Å². The first-order valence-electron chi connectivity index (χ1n) is 4.17. The molecule has 0 saturated carbocycles. The number of anilines is 1. The Morgan fingerprint density at radius 2 is 2.29 bits per heavy atom. The van der Waals surface area contributed by atoms with E-state index < -0.39 is 0 Å². The monoisotopic (exact) mass is 252 g/mol. The van der Waals surface area contributed by atoms with Gasteiger partial charge in [0, 0.05) is 29.0 Å². The van der Waals surface area contributed by atoms with E-state index in [0.717, 1.165) is 22.3 Å². The van der Waals surface area contributed by atoms with Crippen LogP contribution in [0.4, 0.5) is 5.69 Å². The minimum absolute atomic E-state index is 0.745. The zero-order valence-corrected chi connectivity index (χ0v) is 8.95. The highest BCUT2D eigenvalue weighted by Gasteiger charge is 1.95. The number of pyridine rings is 1. The van der Waals surface area contributed by atoms with Gasteiger partial charge in [-0.05, 0) is 22.0 Å². The first kappa shape index (κ1) is 9.21. The Balaban J connectivity index is 1.98. The van der Waals surface area contributed by atoms with Crippen molar-refractivity contribution in [2.45, 2.75) is 6.54 Å². The predicted molar refractivity (Wildman–Crippen MR) is 57.9 cm³/mol. The van der Waals surface area contributed by atoms with Gasteiger partial charge < -0.3 is 5.32 Å². The largest absolute Gasteiger partial charge is 0.380 e. The molecule has 0 amide bonds. The maximum atomic E-state index is 4.05. The molecule has 2 N–H and O–H groups in total. The second-order valence-electron chi connectivity index (χ2n) is 2.85. The summed E-state index contributed by atoms with van der Waals surface area (Å²) in [6, 6.07) is 1.98. The van der Waals surface area contributed by atoms with E-state index in [1.54, 1.807) is 18.6 Å². The molecular weight excluding hydrogens is 244 g/mol. The van der Waals surface area contributed by atoms with Gasteiger partial charge in [0.15, 0.2) is 0 Å². The van der Waals surface area contributed by atoms with Gasteiger partial charge in [-0.1, -0.05) is 0 Å². The first-order valence-corrected chi connectivity index (χ1v) is 4.96. The van der Waals surface area contributed by atoms with E-state index in [1.807, 2.05) is 12.3 Å². The SMILES string of the molecule is Brc1cncc(NCc2cn[nH]c2)c1. The van der Waals surface area contributed by atoms with Crippen LogP contribution in [0, 0.1) is 0 Å². The Morgan fingerprint density at radius 3 is 3.00 bits per heavy atom. The van der Waals surface area contributed by atoms with Gasteiger partial charge in [-0.2, -0.15) is 5.10 Å². The van der Waals surface area contributed by atoms with Crippen LogP contribution in [0.1, 0.15) is 5.56 Å². The summed E-state index contributed by atoms with van der Waals surface area (Å²) in [7, 11) is 0. The van der Waals surface area contributed by atoms with E-state index >= 15 is 0 Å². The maximum absolute atomic E-state index is 4.05. The van der Waals surface area contributed by atoms with E-state index in [-0.39, 0.29) is 0 Å². The van der Waals surface area contributed by atoms with Crippen LogP contribution in [0.2, 0.25) is 0 Å². The van der Waals surface area contributed by atoms with E-state index in [1.165, 1.54) is 0 Å². The molecule has 0 fully saturated rings. The Morgan fingerprint density at radius 1 is 1.36 bits per heavy atom. The number of rotatable bonds is 3. The fourth-order valence-electron chi connectivity index (χ4n) is 1.09. The van der Waals surface area contributed by atoms with E-state index in [9.17, 15) is 0 Å². The molecule has 0 radical (unpaired) electrons. The van der Waals surface area contributed by atoms with Crippen LogP contribution in [-0.2, 0) is 6.54 Å². The van der Waals surface area contributed by atoms with Gasteiger partial charge >= 0.3 is 0 Å². The molecular formula is C9H9BrN4. The third kappa shape index (κ3) is 2.32. The molecule has 0 aliphatic carbocycles. The van der Waals surface area contributed by atoms with Crippen molar-refractivity contribution in [3.05, 3.63) is 40.9 Å². The van der Waals surface area contributed by atoms with Gasteiger partial charge in [-0.15, -0.1) is 0 Å². The lowest BCUT2D eigenvalue weighted by atomic mass is 10.3. The smallest absolute Gasteiger partial charge is 0.0540 e. The summed E-state index contributed by atoms with van der Waals surface area (Å²) in [6.45, 7) is 0.745. The van der Waals surface area contributed by atoms with Crippen molar-refractivity contribution in [1.29, 1.82) is 0 Å². The fraction of sp³-hybridized carbons (Fsp3) is 0.111. The molecule has 4 nitrogen and oxygen atoms in total. The molecule has 0 unspecified atom stereocenters. The van der Waals surface area contributed by atoms with Gasteiger partial charge in [-0.25, -0.2) is 0 Å². The molecule has 2 rings (SSSR count). The minimum Gasteiger partial charge on any atom is -0.380 e. The molecule has 0 bridgehead atoms. The predicted octanol–water partition coefficient (Wildman–Crippen LogP) is 2.18. The quantitative estimate of drug-likeness (QED) is 0.881. The van der Waals surface area contributed by atoms with Crippen molar-refractivity contribution >= 4 is 21.6 Å². The number of halogens is 1. The van der Waals surface area contributed by atoms with E-state index in [2.05, 4.69) is 36.4 Å². The Kier molecular flexibility index (Phi) is 2.78. The molecule has 0 aromatic carbocycles. The standard InChI is InChI=1S/C9H9BrN4/c10-8-1-9(6-11-5-8)12-2-7-3-13-14-4-7/h1,3-6,12H,2H2,(H,13,14). The number of nitrogens with zero attached hydrogens (tertiary/aromatic N) is 2. The third-order valence-corrected chi connectivity index (χ3v) is 2.19. The van der Waals surface area contributed by atoms with Crippen LogP contribution in [-0.4, -0.2) is 15.2 Å². The summed E-state index contributed by atoms with van der Waals surface area (Å²) < 4.78 is 0.967. The highest BCUT2D eigenvalue weighted by molar-refractivity contribution is 9.10. The van der Waals surface area contributed by atoms with Crippen molar-refractivity contribution in [3.63, 3.8) is 0 Å². The van der Waals surface area contributed by atoms with Crippen molar-refractivity contribution in [1.82, 2.24) is 15.2 Å². The summed E-state index contributed by atoms with van der Waals surface area (Å²) in [4.78, 5) is 4.05. The number of aromatic amines is 1. The first-order chi connectivity index (χ1) is 6.84. The second kappa shape index (κ2) is 4.23. The van der Waals surface area contributed by atoms with Gasteiger partial charge in [0.25, 0.3) is 0 Å². The lowest BCUT2D eigenvalue weighted by molar-refractivity contribution is 1.09. The number of H-pyrrole nitrogens is 1. The van der Waals surface area contributed by atoms with Crippen molar-refractivity contribution in [3.8, 4) is 0 Å². The molecule has 0 atom stereocenters. The summed E-state index contributed by atoms with van der Waals surface area (Å²) in [5, 5.41) is 9.86. The Labute approximate surface area is 89.9 Å². The highest BCUT2D eigenvalue weighted by Crippen LogP contribution is 2.14. The molecule has 2 aromatic rings. The molecule has 2 heterocycles. The van der Waals surface area contributed by atoms with Gasteiger partial charge in [0.1, 0.15) is 0 Å². The summed E-state index contributed by atoms with van der Waals surface area (Å²) in [6.07, 6.45) is 7.19. The number of nitrogens with one attached hydrogen (secondary N) is 2. The van der Waals surface area contributed by atoms with Crippen LogP contribution in [0.3, 0.4) is 0 Å². The fourth-order valence-corrected chi connectivity index (χ4v) is 1.45. The van der Waals surface area contributed by atoms with Crippen LogP contribution in [0.5, 0.6) is 0 Å². The number of hydrogen-bond acceptors (Lipinski definition) is 3. The number of aromatic nitrogens is 3. The second-order valence-corrected chi connectivity index (χ2v) is 3.77. The molecule has 72 valence electrons. The zero-order valence-electron chi connectivity index (χ0n) is 7.37. The number of hydrogen-bond donors (Lipinski definition) is 2. The normalized spacial score (nSPS) is 10.1. The third-order valence-electron chi connectivity index (χ3n) is 1.76. The van der Waals surface area contributed by atoms with E-state index in [4.69, 9.17) is 0 Å². The molecule has 0 aliphatic heterocycles. The van der Waals surface area contributed by atoms with Gasteiger partial charge in [0.2, 0.25) is 0 Å². The van der Waals surface area contributed by atoms with Crippen LogP contribution in [0.25, 0.3) is 0 Å². The molecule has 0 spiro atoms. The van der Waals surface area contributed by atoms with Gasteiger partial charge in [0.05, 0.1) is 18.1 Å². The molecule has 2 aromatic heterocycles. The molecule has 5 heteroatoms. The summed E-state index contributed by atoms with van der Waals surface area (Å²) in [5.74, 6) is 0. The average Bonchev–Trinajstić information content (AvgIpc) is 2.67. The van der Waals surface area contributed by atoms with Gasteiger partial charge in [-0.3, -0.25) is 10.1 Å². The Hall–Kier alpha value is -1.36. The average molecular weight is 253 g/mol. The van der Waals surface area contributed by atoms with Crippen LogP contribution < -0.4 is 5.32 Å². The minimum atomic E-state index is 0.745. The van der Waals surface area contributed by atoms with Crippen LogP contribution >= 0.6 is 15.9 Å². The molecule has 0 aliphatic rings. The summed E-state index contributed by atoms with van der Waals surface area (Å²) in [5.41, 5.74) is 2.10. The zero-order chi connectivity index (χ0) is 9.80. The van der Waals surface area contributed by atoms with Crippen molar-refractivity contribution in [2.24, 2.45) is 0 Å². The maximum Gasteiger partial charge on any atom is 0.0540 e.